The summed E-state index contributed by atoms with van der Waals surface area (Å²) in [6.45, 7) is 4.72. The van der Waals surface area contributed by atoms with Gasteiger partial charge in [0.05, 0.1) is 5.69 Å². The Morgan fingerprint density at radius 3 is 2.46 bits per heavy atom. The topological polar surface area (TPSA) is 21.6 Å². The Labute approximate surface area is 143 Å². The Kier molecular flexibility index (Phi) is 5.07. The fourth-order valence-corrected chi connectivity index (χ4v) is 2.39. The molecular formula is C22H21NO. The van der Waals surface area contributed by atoms with Gasteiger partial charge in [0.1, 0.15) is 12.4 Å². The van der Waals surface area contributed by atoms with Crippen LogP contribution in [0.3, 0.4) is 0 Å². The van der Waals surface area contributed by atoms with E-state index in [4.69, 9.17) is 4.74 Å². The van der Waals surface area contributed by atoms with Crippen LogP contribution in [0.2, 0.25) is 0 Å². The minimum absolute atomic E-state index is 0.568. The summed E-state index contributed by atoms with van der Waals surface area (Å²) in [6, 6.07) is 24.5. The van der Waals surface area contributed by atoms with E-state index in [9.17, 15) is 0 Å². The normalized spacial score (nSPS) is 10.9. The van der Waals surface area contributed by atoms with E-state index in [1.54, 1.807) is 0 Å². The van der Waals surface area contributed by atoms with Crippen LogP contribution in [0.15, 0.2) is 77.8 Å². The molecule has 0 radical (unpaired) electrons. The molecule has 0 amide bonds. The third-order valence-corrected chi connectivity index (χ3v) is 3.85. The second-order valence-electron chi connectivity index (χ2n) is 5.89. The Morgan fingerprint density at radius 2 is 1.67 bits per heavy atom. The lowest BCUT2D eigenvalue weighted by Gasteiger charge is -2.07. The highest BCUT2D eigenvalue weighted by Gasteiger charge is 1.98. The van der Waals surface area contributed by atoms with Gasteiger partial charge in [-0.1, -0.05) is 60.2 Å². The summed E-state index contributed by atoms with van der Waals surface area (Å²) in [5, 5.41) is 0. The van der Waals surface area contributed by atoms with Crippen LogP contribution in [0.5, 0.6) is 5.75 Å². The Balaban J connectivity index is 1.68. The number of hydrogen-bond donors (Lipinski definition) is 0. The van der Waals surface area contributed by atoms with Crippen LogP contribution in [0.4, 0.5) is 5.69 Å². The molecule has 0 saturated carbocycles. The van der Waals surface area contributed by atoms with Crippen LogP contribution < -0.4 is 4.74 Å². The second kappa shape index (κ2) is 7.60. The minimum atomic E-state index is 0.568. The van der Waals surface area contributed by atoms with Gasteiger partial charge in [-0.2, -0.15) is 0 Å². The molecule has 0 bridgehead atoms. The van der Waals surface area contributed by atoms with Crippen LogP contribution >= 0.6 is 0 Å². The SMILES string of the molecule is Cc1ccc(COc2cccc(C=Nc3ccccc3C)c2)cc1. The molecule has 0 saturated heterocycles. The van der Waals surface area contributed by atoms with Gasteiger partial charge >= 0.3 is 0 Å². The van der Waals surface area contributed by atoms with Crippen LogP contribution in [-0.2, 0) is 6.61 Å². The first-order chi connectivity index (χ1) is 11.7. The predicted octanol–water partition coefficient (Wildman–Crippen LogP) is 5.63. The Hall–Kier alpha value is -2.87. The lowest BCUT2D eigenvalue weighted by atomic mass is 10.2. The van der Waals surface area contributed by atoms with Crippen molar-refractivity contribution in [2.75, 3.05) is 0 Å². The van der Waals surface area contributed by atoms with Gasteiger partial charge in [-0.3, -0.25) is 4.99 Å². The number of ether oxygens (including phenoxy) is 1. The maximum atomic E-state index is 5.89. The van der Waals surface area contributed by atoms with E-state index in [1.165, 1.54) is 16.7 Å². The van der Waals surface area contributed by atoms with Gasteiger partial charge in [0.15, 0.2) is 0 Å². The zero-order valence-corrected chi connectivity index (χ0v) is 14.1. The molecule has 3 aromatic rings. The molecule has 0 fully saturated rings. The molecule has 0 aliphatic rings. The van der Waals surface area contributed by atoms with Gasteiger partial charge in [0.2, 0.25) is 0 Å². The summed E-state index contributed by atoms with van der Waals surface area (Å²) in [7, 11) is 0. The van der Waals surface area contributed by atoms with E-state index < -0.39 is 0 Å². The molecule has 0 N–H and O–H groups in total. The van der Waals surface area contributed by atoms with E-state index in [-0.39, 0.29) is 0 Å². The molecular weight excluding hydrogens is 294 g/mol. The second-order valence-corrected chi connectivity index (χ2v) is 5.89. The summed E-state index contributed by atoms with van der Waals surface area (Å²) >= 11 is 0. The molecule has 0 spiro atoms. The van der Waals surface area contributed by atoms with Crippen LogP contribution in [0, 0.1) is 13.8 Å². The van der Waals surface area contributed by atoms with Crippen molar-refractivity contribution in [2.45, 2.75) is 20.5 Å². The number of hydrogen-bond acceptors (Lipinski definition) is 2. The summed E-state index contributed by atoms with van der Waals surface area (Å²) in [5.41, 5.74) is 5.61. The third-order valence-electron chi connectivity index (χ3n) is 3.85. The van der Waals surface area contributed by atoms with Crippen molar-refractivity contribution in [3.05, 3.63) is 95.1 Å². The number of aryl methyl sites for hydroxylation is 2. The van der Waals surface area contributed by atoms with Crippen LogP contribution in [0.25, 0.3) is 0 Å². The first-order valence-electron chi connectivity index (χ1n) is 8.09. The van der Waals surface area contributed by atoms with Gasteiger partial charge < -0.3 is 4.74 Å². The quantitative estimate of drug-likeness (QED) is 0.559. The van der Waals surface area contributed by atoms with Gasteiger partial charge in [-0.25, -0.2) is 0 Å². The van der Waals surface area contributed by atoms with Crippen molar-refractivity contribution < 1.29 is 4.74 Å². The van der Waals surface area contributed by atoms with E-state index >= 15 is 0 Å². The molecule has 0 aliphatic heterocycles. The monoisotopic (exact) mass is 315 g/mol. The standard InChI is InChI=1S/C22H21NO/c1-17-10-12-19(13-11-17)16-24-21-8-5-7-20(14-21)15-23-22-9-4-3-6-18(22)2/h3-15H,16H2,1-2H3. The lowest BCUT2D eigenvalue weighted by Crippen LogP contribution is -1.96. The molecule has 0 aliphatic carbocycles. The average Bonchev–Trinajstić information content (AvgIpc) is 2.61. The number of aliphatic imine (C=N–C) groups is 1. The molecule has 2 nitrogen and oxygen atoms in total. The number of para-hydroxylation sites is 1. The number of benzene rings is 3. The molecule has 3 aromatic carbocycles. The number of rotatable bonds is 5. The largest absolute Gasteiger partial charge is 0.489 e. The maximum Gasteiger partial charge on any atom is 0.120 e. The van der Waals surface area contributed by atoms with Crippen molar-refractivity contribution in [2.24, 2.45) is 4.99 Å². The summed E-state index contributed by atoms with van der Waals surface area (Å²) in [6.07, 6.45) is 1.88. The highest BCUT2D eigenvalue weighted by Crippen LogP contribution is 2.18. The van der Waals surface area contributed by atoms with Gasteiger partial charge in [-0.05, 0) is 48.7 Å². The third kappa shape index (κ3) is 4.32. The molecule has 2 heteroatoms. The molecule has 0 atom stereocenters. The van der Waals surface area contributed by atoms with E-state index in [2.05, 4.69) is 49.2 Å². The lowest BCUT2D eigenvalue weighted by molar-refractivity contribution is 0.306. The maximum absolute atomic E-state index is 5.89. The van der Waals surface area contributed by atoms with E-state index in [0.29, 0.717) is 6.61 Å². The van der Waals surface area contributed by atoms with Crippen molar-refractivity contribution in [3.63, 3.8) is 0 Å². The Bertz CT molecular complexity index is 835. The highest BCUT2D eigenvalue weighted by atomic mass is 16.5. The van der Waals surface area contributed by atoms with Gasteiger partial charge in [-0.15, -0.1) is 0 Å². The Morgan fingerprint density at radius 1 is 0.875 bits per heavy atom. The average molecular weight is 315 g/mol. The molecule has 0 aromatic heterocycles. The zero-order valence-electron chi connectivity index (χ0n) is 14.1. The van der Waals surface area contributed by atoms with E-state index in [1.807, 2.05) is 48.7 Å². The smallest absolute Gasteiger partial charge is 0.120 e. The molecule has 24 heavy (non-hydrogen) atoms. The minimum Gasteiger partial charge on any atom is -0.489 e. The van der Waals surface area contributed by atoms with Crippen molar-refractivity contribution in [1.82, 2.24) is 0 Å². The van der Waals surface area contributed by atoms with Gasteiger partial charge in [0, 0.05) is 6.21 Å². The summed E-state index contributed by atoms with van der Waals surface area (Å²) in [4.78, 5) is 4.56. The molecule has 3 rings (SSSR count). The fourth-order valence-electron chi connectivity index (χ4n) is 2.39. The fraction of sp³-hybridized carbons (Fsp3) is 0.136. The summed E-state index contributed by atoms with van der Waals surface area (Å²) < 4.78 is 5.89. The molecule has 120 valence electrons. The van der Waals surface area contributed by atoms with Crippen molar-refractivity contribution in [1.29, 1.82) is 0 Å². The first-order valence-corrected chi connectivity index (χ1v) is 8.09. The first kappa shape index (κ1) is 16.0. The highest BCUT2D eigenvalue weighted by molar-refractivity contribution is 5.82. The number of nitrogens with zero attached hydrogens (tertiary/aromatic N) is 1. The van der Waals surface area contributed by atoms with Crippen LogP contribution in [0.1, 0.15) is 22.3 Å². The van der Waals surface area contributed by atoms with E-state index in [0.717, 1.165) is 17.0 Å². The zero-order chi connectivity index (χ0) is 16.8. The van der Waals surface area contributed by atoms with Crippen molar-refractivity contribution in [3.8, 4) is 5.75 Å². The van der Waals surface area contributed by atoms with Crippen LogP contribution in [-0.4, -0.2) is 6.21 Å². The molecule has 0 unspecified atom stereocenters. The molecule has 0 heterocycles. The summed E-state index contributed by atoms with van der Waals surface area (Å²) in [5.74, 6) is 0.851. The predicted molar refractivity (Wildman–Crippen MR) is 100 cm³/mol. The van der Waals surface area contributed by atoms with Crippen molar-refractivity contribution >= 4 is 11.9 Å². The van der Waals surface area contributed by atoms with Gasteiger partial charge in [0.25, 0.3) is 0 Å².